The fourth-order valence-corrected chi connectivity index (χ4v) is 4.82. The molecule has 1 aliphatic carbocycles. The number of likely N-dealkylation sites (tertiary alicyclic amines) is 1. The van der Waals surface area contributed by atoms with Gasteiger partial charge in [0.25, 0.3) is 0 Å². The summed E-state index contributed by atoms with van der Waals surface area (Å²) in [5.74, 6) is 2.94. The van der Waals surface area contributed by atoms with Crippen LogP contribution in [0.5, 0.6) is 0 Å². The molecule has 1 aliphatic heterocycles. The molecule has 0 N–H and O–H groups in total. The van der Waals surface area contributed by atoms with Crippen molar-refractivity contribution in [2.75, 3.05) is 6.54 Å². The van der Waals surface area contributed by atoms with E-state index < -0.39 is 0 Å². The Labute approximate surface area is 161 Å². The van der Waals surface area contributed by atoms with Gasteiger partial charge < -0.3 is 9.42 Å². The average molecular weight is 367 g/mol. The SMILES string of the molecule is C[C@@H]1CCN(C(=O)CCc2nc(Cc3ccccc3)no2)[C@H]2CCCC[C@H]12. The molecule has 4 rings (SSSR count). The molecule has 2 heterocycles. The molecule has 2 aliphatic rings. The Balaban J connectivity index is 1.33. The number of rotatable bonds is 5. The number of piperidine rings is 1. The van der Waals surface area contributed by atoms with Gasteiger partial charge in [-0.1, -0.05) is 55.3 Å². The molecular formula is C22H29N3O2. The van der Waals surface area contributed by atoms with Gasteiger partial charge in [0.15, 0.2) is 5.82 Å². The first kappa shape index (κ1) is 18.2. The van der Waals surface area contributed by atoms with E-state index in [4.69, 9.17) is 4.52 Å². The van der Waals surface area contributed by atoms with E-state index in [1.165, 1.54) is 25.7 Å². The molecule has 3 atom stereocenters. The lowest BCUT2D eigenvalue weighted by Gasteiger charge is -2.47. The van der Waals surface area contributed by atoms with Crippen LogP contribution in [0, 0.1) is 11.8 Å². The van der Waals surface area contributed by atoms with Gasteiger partial charge in [-0.15, -0.1) is 0 Å². The molecule has 5 heteroatoms. The molecule has 27 heavy (non-hydrogen) atoms. The van der Waals surface area contributed by atoms with Gasteiger partial charge in [0.1, 0.15) is 0 Å². The van der Waals surface area contributed by atoms with Crippen LogP contribution in [-0.4, -0.2) is 33.5 Å². The highest BCUT2D eigenvalue weighted by atomic mass is 16.5. The molecule has 0 unspecified atom stereocenters. The van der Waals surface area contributed by atoms with Crippen molar-refractivity contribution in [2.45, 2.75) is 64.3 Å². The van der Waals surface area contributed by atoms with Crippen LogP contribution >= 0.6 is 0 Å². The van der Waals surface area contributed by atoms with Crippen LogP contribution in [-0.2, 0) is 17.6 Å². The van der Waals surface area contributed by atoms with Gasteiger partial charge in [0, 0.05) is 31.8 Å². The molecule has 1 saturated heterocycles. The predicted molar refractivity (Wildman–Crippen MR) is 103 cm³/mol. The summed E-state index contributed by atoms with van der Waals surface area (Å²) < 4.78 is 5.37. The number of nitrogens with zero attached hydrogens (tertiary/aromatic N) is 3. The summed E-state index contributed by atoms with van der Waals surface area (Å²) in [5.41, 5.74) is 1.16. The largest absolute Gasteiger partial charge is 0.339 e. The van der Waals surface area contributed by atoms with Crippen molar-refractivity contribution in [3.05, 3.63) is 47.6 Å². The summed E-state index contributed by atoms with van der Waals surface area (Å²) in [6.07, 6.45) is 7.81. The van der Waals surface area contributed by atoms with Crippen LogP contribution < -0.4 is 0 Å². The molecular weight excluding hydrogens is 338 g/mol. The van der Waals surface area contributed by atoms with Crippen molar-refractivity contribution in [3.63, 3.8) is 0 Å². The van der Waals surface area contributed by atoms with Gasteiger partial charge in [-0.2, -0.15) is 4.98 Å². The molecule has 1 aromatic carbocycles. The van der Waals surface area contributed by atoms with Crippen molar-refractivity contribution in [1.29, 1.82) is 0 Å². The third-order valence-electron chi connectivity index (χ3n) is 6.33. The average Bonchev–Trinajstić information content (AvgIpc) is 3.15. The van der Waals surface area contributed by atoms with Crippen LogP contribution in [0.1, 0.15) is 62.7 Å². The second-order valence-electron chi connectivity index (χ2n) is 8.14. The Bertz CT molecular complexity index is 758. The molecule has 2 fully saturated rings. The molecule has 1 amide bonds. The van der Waals surface area contributed by atoms with Crippen molar-refractivity contribution in [3.8, 4) is 0 Å². The first-order chi connectivity index (χ1) is 13.2. The van der Waals surface area contributed by atoms with E-state index in [2.05, 4.69) is 34.1 Å². The highest BCUT2D eigenvalue weighted by Crippen LogP contribution is 2.39. The molecule has 2 aromatic rings. The van der Waals surface area contributed by atoms with Crippen LogP contribution in [0.2, 0.25) is 0 Å². The maximum absolute atomic E-state index is 12.9. The van der Waals surface area contributed by atoms with Gasteiger partial charge in [0.05, 0.1) is 0 Å². The van der Waals surface area contributed by atoms with Gasteiger partial charge in [0.2, 0.25) is 11.8 Å². The normalized spacial score (nSPS) is 25.2. The Hall–Kier alpha value is -2.17. The topological polar surface area (TPSA) is 59.2 Å². The number of hydrogen-bond acceptors (Lipinski definition) is 4. The monoisotopic (exact) mass is 367 g/mol. The summed E-state index contributed by atoms with van der Waals surface area (Å²) >= 11 is 0. The molecule has 1 saturated carbocycles. The van der Waals surface area contributed by atoms with E-state index in [0.29, 0.717) is 42.9 Å². The Morgan fingerprint density at radius 2 is 2.00 bits per heavy atom. The maximum atomic E-state index is 12.9. The second-order valence-corrected chi connectivity index (χ2v) is 8.14. The highest BCUT2D eigenvalue weighted by Gasteiger charge is 2.39. The van der Waals surface area contributed by atoms with E-state index in [1.807, 2.05) is 18.2 Å². The summed E-state index contributed by atoms with van der Waals surface area (Å²) in [4.78, 5) is 19.5. The summed E-state index contributed by atoms with van der Waals surface area (Å²) in [5, 5.41) is 4.07. The van der Waals surface area contributed by atoms with Crippen molar-refractivity contribution in [2.24, 2.45) is 11.8 Å². The van der Waals surface area contributed by atoms with Crippen LogP contribution in [0.25, 0.3) is 0 Å². The van der Waals surface area contributed by atoms with Gasteiger partial charge in [-0.05, 0) is 36.7 Å². The number of amides is 1. The Kier molecular flexibility index (Phi) is 5.55. The molecule has 0 radical (unpaired) electrons. The smallest absolute Gasteiger partial charge is 0.227 e. The number of fused-ring (bicyclic) bond motifs is 1. The first-order valence-electron chi connectivity index (χ1n) is 10.4. The highest BCUT2D eigenvalue weighted by molar-refractivity contribution is 5.76. The lowest BCUT2D eigenvalue weighted by molar-refractivity contribution is -0.139. The lowest BCUT2D eigenvalue weighted by Crippen LogP contribution is -2.52. The minimum Gasteiger partial charge on any atom is -0.339 e. The molecule has 1 aromatic heterocycles. The second kappa shape index (κ2) is 8.24. The molecule has 144 valence electrons. The molecule has 0 spiro atoms. The van der Waals surface area contributed by atoms with Gasteiger partial charge in [-0.3, -0.25) is 4.79 Å². The zero-order valence-corrected chi connectivity index (χ0v) is 16.1. The maximum Gasteiger partial charge on any atom is 0.227 e. The quantitative estimate of drug-likeness (QED) is 0.801. The van der Waals surface area contributed by atoms with Gasteiger partial charge >= 0.3 is 0 Å². The Morgan fingerprint density at radius 3 is 2.85 bits per heavy atom. The first-order valence-corrected chi connectivity index (χ1v) is 10.4. The van der Waals surface area contributed by atoms with Crippen LogP contribution in [0.15, 0.2) is 34.9 Å². The minimum atomic E-state index is 0.251. The predicted octanol–water partition coefficient (Wildman–Crippen LogP) is 4.02. The van der Waals surface area contributed by atoms with Crippen LogP contribution in [0.3, 0.4) is 0 Å². The van der Waals surface area contributed by atoms with E-state index in [-0.39, 0.29) is 5.91 Å². The number of aromatic nitrogens is 2. The number of aryl methyl sites for hydroxylation is 1. The Morgan fingerprint density at radius 1 is 1.19 bits per heavy atom. The molecule has 0 bridgehead atoms. The van der Waals surface area contributed by atoms with Crippen molar-refractivity contribution < 1.29 is 9.32 Å². The number of hydrogen-bond donors (Lipinski definition) is 0. The zero-order chi connectivity index (χ0) is 18.6. The fraction of sp³-hybridized carbons (Fsp3) is 0.591. The van der Waals surface area contributed by atoms with E-state index in [0.717, 1.165) is 24.4 Å². The number of carbonyl (C=O) groups is 1. The standard InChI is InChI=1S/C22H29N3O2/c1-16-13-14-25(19-10-6-5-9-18(16)19)22(26)12-11-21-23-20(24-27-21)15-17-7-3-2-4-8-17/h2-4,7-8,16,18-19H,5-6,9-15H2,1H3/t16-,18-,19+/m1/s1. The number of carbonyl (C=O) groups excluding carboxylic acids is 1. The molecule has 5 nitrogen and oxygen atoms in total. The summed E-state index contributed by atoms with van der Waals surface area (Å²) in [7, 11) is 0. The third-order valence-corrected chi connectivity index (χ3v) is 6.33. The summed E-state index contributed by atoms with van der Waals surface area (Å²) in [6, 6.07) is 10.6. The third kappa shape index (κ3) is 4.23. The van der Waals surface area contributed by atoms with Crippen LogP contribution in [0.4, 0.5) is 0 Å². The lowest BCUT2D eigenvalue weighted by atomic mass is 9.72. The van der Waals surface area contributed by atoms with Gasteiger partial charge in [-0.25, -0.2) is 0 Å². The zero-order valence-electron chi connectivity index (χ0n) is 16.1. The van der Waals surface area contributed by atoms with E-state index in [9.17, 15) is 4.79 Å². The van der Waals surface area contributed by atoms with Crippen molar-refractivity contribution in [1.82, 2.24) is 15.0 Å². The van der Waals surface area contributed by atoms with Crippen molar-refractivity contribution >= 4 is 5.91 Å². The minimum absolute atomic E-state index is 0.251. The summed E-state index contributed by atoms with van der Waals surface area (Å²) in [6.45, 7) is 3.27. The van der Waals surface area contributed by atoms with E-state index >= 15 is 0 Å². The number of benzene rings is 1. The van der Waals surface area contributed by atoms with E-state index in [1.54, 1.807) is 0 Å². The fourth-order valence-electron chi connectivity index (χ4n) is 4.82.